The minimum Gasteiger partial charge on any atom is -0.355 e. The molecular weight excluding hydrogens is 176 g/mol. The Kier molecular flexibility index (Phi) is 6.54. The third-order valence-electron chi connectivity index (χ3n) is 2.34. The number of nitrogens with zero attached hydrogens (tertiary/aromatic N) is 1. The molecule has 0 unspecified atom stereocenters. The molecule has 0 aromatic rings. The van der Waals surface area contributed by atoms with Crippen LogP contribution in [0.2, 0.25) is 0 Å². The molecule has 0 saturated carbocycles. The summed E-state index contributed by atoms with van der Waals surface area (Å²) in [5, 5.41) is 2.89. The molecule has 0 spiro atoms. The van der Waals surface area contributed by atoms with Gasteiger partial charge in [0.2, 0.25) is 5.91 Å². The van der Waals surface area contributed by atoms with Crippen molar-refractivity contribution >= 4 is 5.91 Å². The topological polar surface area (TPSA) is 32.3 Å². The lowest BCUT2D eigenvalue weighted by Gasteiger charge is -2.30. The van der Waals surface area contributed by atoms with Crippen LogP contribution in [0.4, 0.5) is 0 Å². The molecule has 14 heavy (non-hydrogen) atoms. The van der Waals surface area contributed by atoms with Crippen LogP contribution in [-0.2, 0) is 4.79 Å². The fourth-order valence-electron chi connectivity index (χ4n) is 1.56. The van der Waals surface area contributed by atoms with Crippen LogP contribution < -0.4 is 5.32 Å². The molecule has 1 amide bonds. The molecule has 0 aromatic carbocycles. The largest absolute Gasteiger partial charge is 0.355 e. The summed E-state index contributed by atoms with van der Waals surface area (Å²) in [7, 11) is 0. The van der Waals surface area contributed by atoms with Crippen LogP contribution in [0.3, 0.4) is 0 Å². The standard InChI is InChI=1S/C11H24N2O/c1-6-11(14)12-7-8-13(9(2)3)10(4)5/h9-10H,6-8H2,1-5H3,(H,12,14). The Morgan fingerprint density at radius 2 is 1.71 bits per heavy atom. The Morgan fingerprint density at radius 1 is 1.21 bits per heavy atom. The molecule has 0 aliphatic carbocycles. The molecule has 0 aliphatic rings. The van der Waals surface area contributed by atoms with E-state index in [-0.39, 0.29) is 5.91 Å². The van der Waals surface area contributed by atoms with Crippen molar-refractivity contribution in [2.24, 2.45) is 0 Å². The number of nitrogens with one attached hydrogen (secondary N) is 1. The minimum atomic E-state index is 0.137. The van der Waals surface area contributed by atoms with Gasteiger partial charge in [-0.2, -0.15) is 0 Å². The monoisotopic (exact) mass is 200 g/mol. The van der Waals surface area contributed by atoms with Crippen LogP contribution in [0.25, 0.3) is 0 Å². The number of amides is 1. The lowest BCUT2D eigenvalue weighted by Crippen LogP contribution is -2.42. The lowest BCUT2D eigenvalue weighted by molar-refractivity contribution is -0.120. The fourth-order valence-corrected chi connectivity index (χ4v) is 1.56. The molecule has 84 valence electrons. The van der Waals surface area contributed by atoms with E-state index in [0.717, 1.165) is 13.1 Å². The number of hydrogen-bond donors (Lipinski definition) is 1. The Morgan fingerprint density at radius 3 is 2.07 bits per heavy atom. The highest BCUT2D eigenvalue weighted by atomic mass is 16.1. The van der Waals surface area contributed by atoms with Gasteiger partial charge in [0.15, 0.2) is 0 Å². The van der Waals surface area contributed by atoms with Gasteiger partial charge in [0.1, 0.15) is 0 Å². The highest BCUT2D eigenvalue weighted by Crippen LogP contribution is 2.03. The molecule has 0 atom stereocenters. The summed E-state index contributed by atoms with van der Waals surface area (Å²) in [5.41, 5.74) is 0. The second-order valence-electron chi connectivity index (χ2n) is 4.13. The third kappa shape index (κ3) is 5.22. The fraction of sp³-hybridized carbons (Fsp3) is 0.909. The zero-order valence-corrected chi connectivity index (χ0v) is 10.1. The normalized spacial score (nSPS) is 11.4. The molecule has 0 rings (SSSR count). The second kappa shape index (κ2) is 6.82. The Bertz CT molecular complexity index is 159. The van der Waals surface area contributed by atoms with E-state index >= 15 is 0 Å². The van der Waals surface area contributed by atoms with Gasteiger partial charge in [-0.05, 0) is 27.7 Å². The van der Waals surface area contributed by atoms with Gasteiger partial charge in [0.25, 0.3) is 0 Å². The van der Waals surface area contributed by atoms with Crippen LogP contribution in [0.1, 0.15) is 41.0 Å². The first kappa shape index (κ1) is 13.4. The van der Waals surface area contributed by atoms with Gasteiger partial charge in [-0.15, -0.1) is 0 Å². The van der Waals surface area contributed by atoms with Gasteiger partial charge in [-0.1, -0.05) is 6.92 Å². The van der Waals surface area contributed by atoms with Crippen LogP contribution in [0.5, 0.6) is 0 Å². The molecule has 0 fully saturated rings. The van der Waals surface area contributed by atoms with E-state index in [4.69, 9.17) is 0 Å². The second-order valence-corrected chi connectivity index (χ2v) is 4.13. The maximum atomic E-state index is 11.0. The summed E-state index contributed by atoms with van der Waals surface area (Å²) in [6.45, 7) is 12.3. The third-order valence-corrected chi connectivity index (χ3v) is 2.34. The van der Waals surface area contributed by atoms with Crippen LogP contribution in [-0.4, -0.2) is 36.0 Å². The van der Waals surface area contributed by atoms with Gasteiger partial charge < -0.3 is 5.32 Å². The minimum absolute atomic E-state index is 0.137. The smallest absolute Gasteiger partial charge is 0.219 e. The van der Waals surface area contributed by atoms with E-state index < -0.39 is 0 Å². The van der Waals surface area contributed by atoms with E-state index in [1.165, 1.54) is 0 Å². The molecule has 0 bridgehead atoms. The average molecular weight is 200 g/mol. The molecule has 3 nitrogen and oxygen atoms in total. The van der Waals surface area contributed by atoms with Gasteiger partial charge in [0.05, 0.1) is 0 Å². The Balaban J connectivity index is 3.78. The van der Waals surface area contributed by atoms with E-state index in [1.807, 2.05) is 6.92 Å². The van der Waals surface area contributed by atoms with Crippen molar-refractivity contribution in [3.8, 4) is 0 Å². The molecule has 0 saturated heterocycles. The zero-order chi connectivity index (χ0) is 11.1. The number of carbonyl (C=O) groups excluding carboxylic acids is 1. The molecule has 0 heterocycles. The molecule has 1 N–H and O–H groups in total. The predicted octanol–water partition coefficient (Wildman–Crippen LogP) is 1.63. The van der Waals surface area contributed by atoms with Crippen molar-refractivity contribution in [2.45, 2.75) is 53.1 Å². The van der Waals surface area contributed by atoms with Crippen molar-refractivity contribution in [1.29, 1.82) is 0 Å². The van der Waals surface area contributed by atoms with Crippen molar-refractivity contribution in [1.82, 2.24) is 10.2 Å². The van der Waals surface area contributed by atoms with Gasteiger partial charge in [-0.3, -0.25) is 9.69 Å². The molecular formula is C11H24N2O. The number of rotatable bonds is 6. The first-order chi connectivity index (χ1) is 6.49. The molecule has 0 radical (unpaired) electrons. The number of hydrogen-bond acceptors (Lipinski definition) is 2. The summed E-state index contributed by atoms with van der Waals surface area (Å²) in [6.07, 6.45) is 0.573. The highest BCUT2D eigenvalue weighted by molar-refractivity contribution is 5.75. The maximum Gasteiger partial charge on any atom is 0.219 e. The first-order valence-corrected chi connectivity index (χ1v) is 5.51. The summed E-state index contributed by atoms with van der Waals surface area (Å²) in [4.78, 5) is 13.4. The summed E-state index contributed by atoms with van der Waals surface area (Å²) >= 11 is 0. The van der Waals surface area contributed by atoms with Crippen LogP contribution in [0, 0.1) is 0 Å². The van der Waals surface area contributed by atoms with Crippen molar-refractivity contribution in [2.75, 3.05) is 13.1 Å². The highest BCUT2D eigenvalue weighted by Gasteiger charge is 2.12. The average Bonchev–Trinajstić information content (AvgIpc) is 2.10. The summed E-state index contributed by atoms with van der Waals surface area (Å²) in [6, 6.07) is 1.07. The van der Waals surface area contributed by atoms with E-state index in [1.54, 1.807) is 0 Å². The van der Waals surface area contributed by atoms with Crippen molar-refractivity contribution in [3.63, 3.8) is 0 Å². The van der Waals surface area contributed by atoms with Crippen molar-refractivity contribution < 1.29 is 4.79 Å². The van der Waals surface area contributed by atoms with Gasteiger partial charge in [-0.25, -0.2) is 0 Å². The Labute approximate surface area is 87.9 Å². The van der Waals surface area contributed by atoms with E-state index in [0.29, 0.717) is 18.5 Å². The van der Waals surface area contributed by atoms with Gasteiger partial charge >= 0.3 is 0 Å². The maximum absolute atomic E-state index is 11.0. The van der Waals surface area contributed by atoms with Crippen LogP contribution >= 0.6 is 0 Å². The quantitative estimate of drug-likeness (QED) is 0.707. The predicted molar refractivity (Wildman–Crippen MR) is 60.3 cm³/mol. The van der Waals surface area contributed by atoms with Crippen LogP contribution in [0.15, 0.2) is 0 Å². The van der Waals surface area contributed by atoms with E-state index in [9.17, 15) is 4.79 Å². The lowest BCUT2D eigenvalue weighted by atomic mass is 10.2. The summed E-state index contributed by atoms with van der Waals surface area (Å²) in [5.74, 6) is 0.137. The molecule has 3 heteroatoms. The van der Waals surface area contributed by atoms with Crippen molar-refractivity contribution in [3.05, 3.63) is 0 Å². The SMILES string of the molecule is CCC(=O)NCCN(C(C)C)C(C)C. The first-order valence-electron chi connectivity index (χ1n) is 5.51. The molecule has 0 aliphatic heterocycles. The number of carbonyl (C=O) groups is 1. The van der Waals surface area contributed by atoms with Gasteiger partial charge in [0, 0.05) is 31.6 Å². The zero-order valence-electron chi connectivity index (χ0n) is 10.1. The summed E-state index contributed by atoms with van der Waals surface area (Å²) < 4.78 is 0. The Hall–Kier alpha value is -0.570. The molecule has 0 aromatic heterocycles. The van der Waals surface area contributed by atoms with E-state index in [2.05, 4.69) is 37.9 Å².